The smallest absolute Gasteiger partial charge is 0.257 e. The number of benzene rings is 2. The molecular formula is C24H29N3O5. The van der Waals surface area contributed by atoms with Gasteiger partial charge in [-0.15, -0.1) is 0 Å². The summed E-state index contributed by atoms with van der Waals surface area (Å²) in [4.78, 5) is 16.5. The molecule has 0 spiro atoms. The molecule has 8 heteroatoms. The fraction of sp³-hybridized carbons (Fsp3) is 0.375. The molecule has 3 aromatic rings. The second kappa shape index (κ2) is 11.7. The van der Waals surface area contributed by atoms with Crippen LogP contribution in [0.5, 0.6) is 17.2 Å². The van der Waals surface area contributed by atoms with E-state index < -0.39 is 0 Å². The summed E-state index contributed by atoms with van der Waals surface area (Å²) in [7, 11) is 3.20. The Balaban J connectivity index is 1.42. The summed E-state index contributed by atoms with van der Waals surface area (Å²) in [6, 6.07) is 13.0. The molecule has 8 nitrogen and oxygen atoms in total. The van der Waals surface area contributed by atoms with Crippen molar-refractivity contribution in [3.63, 3.8) is 0 Å². The normalized spacial score (nSPS) is 10.6. The SMILES string of the molecule is CCCCc1nc(-c2ccc(OCC(=O)NCCc3ccc(OC)c(OC)c3)cc2)no1. The number of unbranched alkanes of at least 4 members (excludes halogenated alkanes) is 1. The first-order valence-corrected chi connectivity index (χ1v) is 10.7. The van der Waals surface area contributed by atoms with Crippen LogP contribution in [0.2, 0.25) is 0 Å². The molecule has 1 N–H and O–H groups in total. The van der Waals surface area contributed by atoms with Crippen LogP contribution in [-0.2, 0) is 17.6 Å². The number of amides is 1. The maximum Gasteiger partial charge on any atom is 0.257 e. The van der Waals surface area contributed by atoms with E-state index in [4.69, 9.17) is 18.7 Å². The lowest BCUT2D eigenvalue weighted by molar-refractivity contribution is -0.123. The van der Waals surface area contributed by atoms with Gasteiger partial charge < -0.3 is 24.1 Å². The molecule has 0 aliphatic carbocycles. The molecule has 2 aromatic carbocycles. The number of ether oxygens (including phenoxy) is 3. The summed E-state index contributed by atoms with van der Waals surface area (Å²) in [6.07, 6.45) is 3.55. The number of aromatic nitrogens is 2. The zero-order valence-electron chi connectivity index (χ0n) is 18.7. The predicted octanol–water partition coefficient (Wildman–Crippen LogP) is 3.83. The van der Waals surface area contributed by atoms with Gasteiger partial charge >= 0.3 is 0 Å². The quantitative estimate of drug-likeness (QED) is 0.458. The van der Waals surface area contributed by atoms with Crippen molar-refractivity contribution in [3.8, 4) is 28.6 Å². The number of carbonyl (C=O) groups is 1. The van der Waals surface area contributed by atoms with Crippen LogP contribution in [0.4, 0.5) is 0 Å². The van der Waals surface area contributed by atoms with E-state index in [2.05, 4.69) is 22.4 Å². The van der Waals surface area contributed by atoms with Crippen molar-refractivity contribution in [2.45, 2.75) is 32.6 Å². The van der Waals surface area contributed by atoms with Crippen LogP contribution in [0.15, 0.2) is 47.0 Å². The topological polar surface area (TPSA) is 95.7 Å². The van der Waals surface area contributed by atoms with E-state index in [0.717, 1.165) is 30.4 Å². The van der Waals surface area contributed by atoms with Gasteiger partial charge in [0.1, 0.15) is 5.75 Å². The molecular weight excluding hydrogens is 410 g/mol. The van der Waals surface area contributed by atoms with E-state index >= 15 is 0 Å². The van der Waals surface area contributed by atoms with Crippen LogP contribution in [0.3, 0.4) is 0 Å². The van der Waals surface area contributed by atoms with E-state index in [1.807, 2.05) is 30.3 Å². The Labute approximate surface area is 187 Å². The molecule has 3 rings (SSSR count). The van der Waals surface area contributed by atoms with Crippen LogP contribution in [0.25, 0.3) is 11.4 Å². The maximum atomic E-state index is 12.1. The van der Waals surface area contributed by atoms with E-state index in [-0.39, 0.29) is 12.5 Å². The predicted molar refractivity (Wildman–Crippen MR) is 120 cm³/mol. The molecule has 0 saturated carbocycles. The Bertz CT molecular complexity index is 1000. The molecule has 1 heterocycles. The molecule has 32 heavy (non-hydrogen) atoms. The second-order valence-corrected chi connectivity index (χ2v) is 7.22. The van der Waals surface area contributed by atoms with Crippen molar-refractivity contribution in [3.05, 3.63) is 53.9 Å². The number of methoxy groups -OCH3 is 2. The fourth-order valence-corrected chi connectivity index (χ4v) is 3.08. The minimum Gasteiger partial charge on any atom is -0.493 e. The molecule has 0 aliphatic heterocycles. The summed E-state index contributed by atoms with van der Waals surface area (Å²) in [6.45, 7) is 2.55. The Morgan fingerprint density at radius 3 is 2.53 bits per heavy atom. The van der Waals surface area contributed by atoms with E-state index in [0.29, 0.717) is 41.9 Å². The van der Waals surface area contributed by atoms with Crippen molar-refractivity contribution in [2.75, 3.05) is 27.4 Å². The number of hydrogen-bond acceptors (Lipinski definition) is 7. The number of carbonyl (C=O) groups excluding carboxylic acids is 1. The van der Waals surface area contributed by atoms with Crippen molar-refractivity contribution in [1.82, 2.24) is 15.5 Å². The summed E-state index contributed by atoms with van der Waals surface area (Å²) < 4.78 is 21.4. The lowest BCUT2D eigenvalue weighted by Gasteiger charge is -2.10. The van der Waals surface area contributed by atoms with Gasteiger partial charge in [-0.1, -0.05) is 24.6 Å². The molecule has 0 unspecified atom stereocenters. The average molecular weight is 440 g/mol. The molecule has 0 saturated heterocycles. The Morgan fingerprint density at radius 1 is 1.03 bits per heavy atom. The highest BCUT2D eigenvalue weighted by Crippen LogP contribution is 2.27. The van der Waals surface area contributed by atoms with Gasteiger partial charge in [-0.05, 0) is 54.8 Å². The summed E-state index contributed by atoms with van der Waals surface area (Å²) in [5.41, 5.74) is 1.88. The third-order valence-electron chi connectivity index (χ3n) is 4.88. The third kappa shape index (κ3) is 6.47. The standard InChI is InChI=1S/C24H29N3O5/c1-4-5-6-23-26-24(27-32-23)18-8-10-19(11-9-18)31-16-22(28)25-14-13-17-7-12-20(29-2)21(15-17)30-3/h7-12,15H,4-6,13-14,16H2,1-3H3,(H,25,28). The molecule has 1 aromatic heterocycles. The molecule has 1 amide bonds. The number of rotatable bonds is 12. The van der Waals surface area contributed by atoms with Crippen LogP contribution >= 0.6 is 0 Å². The van der Waals surface area contributed by atoms with Crippen LogP contribution < -0.4 is 19.5 Å². The van der Waals surface area contributed by atoms with E-state index in [1.165, 1.54) is 0 Å². The van der Waals surface area contributed by atoms with Crippen LogP contribution in [0.1, 0.15) is 31.2 Å². The Kier molecular flexibility index (Phi) is 8.48. The highest BCUT2D eigenvalue weighted by atomic mass is 16.5. The molecule has 0 radical (unpaired) electrons. The van der Waals surface area contributed by atoms with E-state index in [9.17, 15) is 4.79 Å². The minimum atomic E-state index is -0.187. The zero-order chi connectivity index (χ0) is 22.8. The Morgan fingerprint density at radius 2 is 1.81 bits per heavy atom. The largest absolute Gasteiger partial charge is 0.493 e. The summed E-state index contributed by atoms with van der Waals surface area (Å²) >= 11 is 0. The third-order valence-corrected chi connectivity index (χ3v) is 4.88. The first kappa shape index (κ1) is 23.1. The van der Waals surface area contributed by atoms with Gasteiger partial charge in [0.2, 0.25) is 11.7 Å². The van der Waals surface area contributed by atoms with Gasteiger partial charge in [-0.2, -0.15) is 4.98 Å². The zero-order valence-corrected chi connectivity index (χ0v) is 18.7. The molecule has 0 bridgehead atoms. The van der Waals surface area contributed by atoms with Gasteiger partial charge in [0.05, 0.1) is 14.2 Å². The van der Waals surface area contributed by atoms with Crippen LogP contribution in [-0.4, -0.2) is 43.4 Å². The summed E-state index contributed by atoms with van der Waals surface area (Å²) in [5, 5.41) is 6.87. The molecule has 170 valence electrons. The number of nitrogens with zero attached hydrogens (tertiary/aromatic N) is 2. The first-order valence-electron chi connectivity index (χ1n) is 10.7. The van der Waals surface area contributed by atoms with E-state index in [1.54, 1.807) is 26.4 Å². The Hall–Kier alpha value is -3.55. The van der Waals surface area contributed by atoms with Gasteiger partial charge in [-0.25, -0.2) is 0 Å². The molecule has 0 aliphatic rings. The van der Waals surface area contributed by atoms with Gasteiger partial charge in [0.25, 0.3) is 5.91 Å². The average Bonchev–Trinajstić information content (AvgIpc) is 3.30. The number of nitrogens with one attached hydrogen (secondary N) is 1. The second-order valence-electron chi connectivity index (χ2n) is 7.22. The van der Waals surface area contributed by atoms with Crippen molar-refractivity contribution >= 4 is 5.91 Å². The van der Waals surface area contributed by atoms with Crippen LogP contribution in [0, 0.1) is 0 Å². The molecule has 0 fully saturated rings. The monoisotopic (exact) mass is 439 g/mol. The maximum absolute atomic E-state index is 12.1. The fourth-order valence-electron chi connectivity index (χ4n) is 3.08. The lowest BCUT2D eigenvalue weighted by Crippen LogP contribution is -2.30. The summed E-state index contributed by atoms with van der Waals surface area (Å²) in [5.74, 6) is 2.95. The number of aryl methyl sites for hydroxylation is 1. The van der Waals surface area contributed by atoms with Gasteiger partial charge in [0, 0.05) is 18.5 Å². The van der Waals surface area contributed by atoms with Crippen molar-refractivity contribution < 1.29 is 23.5 Å². The highest BCUT2D eigenvalue weighted by Gasteiger charge is 2.09. The number of hydrogen-bond donors (Lipinski definition) is 1. The van der Waals surface area contributed by atoms with Gasteiger partial charge in [-0.3, -0.25) is 4.79 Å². The molecule has 0 atom stereocenters. The highest BCUT2D eigenvalue weighted by molar-refractivity contribution is 5.77. The van der Waals surface area contributed by atoms with Crippen molar-refractivity contribution in [1.29, 1.82) is 0 Å². The van der Waals surface area contributed by atoms with Gasteiger partial charge in [0.15, 0.2) is 18.1 Å². The minimum absolute atomic E-state index is 0.0609. The first-order chi connectivity index (χ1) is 15.6. The lowest BCUT2D eigenvalue weighted by atomic mass is 10.1. The van der Waals surface area contributed by atoms with Crippen molar-refractivity contribution in [2.24, 2.45) is 0 Å².